The SMILES string of the molecule is CNC(C)OC(=O)C(C)C. The first-order chi connectivity index (χ1) is 4.57. The summed E-state index contributed by atoms with van der Waals surface area (Å²) in [6.45, 7) is 5.41. The molecule has 3 heteroatoms. The topological polar surface area (TPSA) is 38.3 Å². The van der Waals surface area contributed by atoms with Crippen molar-refractivity contribution in [1.82, 2.24) is 5.32 Å². The van der Waals surface area contributed by atoms with Crippen molar-refractivity contribution in [2.45, 2.75) is 27.0 Å². The van der Waals surface area contributed by atoms with E-state index in [0.29, 0.717) is 0 Å². The molecule has 0 amide bonds. The Morgan fingerprint density at radius 3 is 2.20 bits per heavy atom. The Kier molecular flexibility index (Phi) is 4.03. The summed E-state index contributed by atoms with van der Waals surface area (Å²) in [5, 5.41) is 2.81. The second kappa shape index (κ2) is 4.28. The monoisotopic (exact) mass is 145 g/mol. The molecule has 1 atom stereocenters. The quantitative estimate of drug-likeness (QED) is 0.470. The molecule has 3 nitrogen and oxygen atoms in total. The molecule has 0 radical (unpaired) electrons. The molecule has 0 bridgehead atoms. The van der Waals surface area contributed by atoms with Crippen LogP contribution in [-0.4, -0.2) is 19.2 Å². The maximum atomic E-state index is 10.8. The number of hydrogen-bond acceptors (Lipinski definition) is 3. The van der Waals surface area contributed by atoms with Crippen LogP contribution < -0.4 is 5.32 Å². The molecule has 10 heavy (non-hydrogen) atoms. The van der Waals surface area contributed by atoms with Crippen molar-refractivity contribution < 1.29 is 9.53 Å². The van der Waals surface area contributed by atoms with Crippen molar-refractivity contribution in [2.24, 2.45) is 5.92 Å². The highest BCUT2D eigenvalue weighted by Crippen LogP contribution is 1.97. The van der Waals surface area contributed by atoms with Crippen LogP contribution in [0.4, 0.5) is 0 Å². The van der Waals surface area contributed by atoms with E-state index in [4.69, 9.17) is 4.74 Å². The first-order valence-electron chi connectivity index (χ1n) is 3.45. The normalized spacial score (nSPS) is 13.3. The fraction of sp³-hybridized carbons (Fsp3) is 0.857. The van der Waals surface area contributed by atoms with Gasteiger partial charge in [-0.15, -0.1) is 0 Å². The average Bonchev–Trinajstić information content (AvgIpc) is 1.87. The van der Waals surface area contributed by atoms with Gasteiger partial charge in [-0.1, -0.05) is 13.8 Å². The molecule has 0 aromatic heterocycles. The molecule has 0 aliphatic heterocycles. The lowest BCUT2D eigenvalue weighted by atomic mass is 10.2. The van der Waals surface area contributed by atoms with E-state index in [9.17, 15) is 4.79 Å². The zero-order valence-corrected chi connectivity index (χ0v) is 6.97. The largest absolute Gasteiger partial charge is 0.447 e. The van der Waals surface area contributed by atoms with Crippen molar-refractivity contribution in [3.05, 3.63) is 0 Å². The van der Waals surface area contributed by atoms with Gasteiger partial charge in [-0.2, -0.15) is 0 Å². The Morgan fingerprint density at radius 2 is 1.90 bits per heavy atom. The van der Waals surface area contributed by atoms with Crippen molar-refractivity contribution in [2.75, 3.05) is 7.05 Å². The highest BCUT2D eigenvalue weighted by molar-refractivity contribution is 5.71. The minimum absolute atomic E-state index is 0.0456. The fourth-order valence-corrected chi connectivity index (χ4v) is 0.369. The van der Waals surface area contributed by atoms with Gasteiger partial charge in [0.1, 0.15) is 6.23 Å². The third-order valence-electron chi connectivity index (χ3n) is 1.17. The van der Waals surface area contributed by atoms with Crippen molar-refractivity contribution in [3.8, 4) is 0 Å². The van der Waals surface area contributed by atoms with E-state index < -0.39 is 0 Å². The summed E-state index contributed by atoms with van der Waals surface area (Å²) in [4.78, 5) is 10.8. The van der Waals surface area contributed by atoms with Crippen LogP contribution in [0.15, 0.2) is 0 Å². The highest BCUT2D eigenvalue weighted by atomic mass is 16.6. The molecule has 0 heterocycles. The summed E-state index contributed by atoms with van der Waals surface area (Å²) >= 11 is 0. The number of esters is 1. The van der Waals surface area contributed by atoms with Crippen LogP contribution in [0.25, 0.3) is 0 Å². The first kappa shape index (κ1) is 9.43. The molecule has 1 N–H and O–H groups in total. The molecular weight excluding hydrogens is 130 g/mol. The second-order valence-electron chi connectivity index (χ2n) is 2.52. The maximum absolute atomic E-state index is 10.8. The van der Waals surface area contributed by atoms with Crippen molar-refractivity contribution in [3.63, 3.8) is 0 Å². The summed E-state index contributed by atoms with van der Waals surface area (Å²) in [5.41, 5.74) is 0. The van der Waals surface area contributed by atoms with Gasteiger partial charge in [0, 0.05) is 0 Å². The minimum Gasteiger partial charge on any atom is -0.447 e. The Balaban J connectivity index is 3.57. The van der Waals surface area contributed by atoms with Crippen LogP contribution in [0, 0.1) is 5.92 Å². The van der Waals surface area contributed by atoms with E-state index in [1.165, 1.54) is 0 Å². The number of rotatable bonds is 3. The average molecular weight is 145 g/mol. The van der Waals surface area contributed by atoms with E-state index in [-0.39, 0.29) is 18.1 Å². The first-order valence-corrected chi connectivity index (χ1v) is 3.45. The van der Waals surface area contributed by atoms with Crippen LogP contribution in [-0.2, 0) is 9.53 Å². The molecule has 0 saturated carbocycles. The van der Waals surface area contributed by atoms with E-state index in [1.54, 1.807) is 14.0 Å². The van der Waals surface area contributed by atoms with E-state index in [2.05, 4.69) is 5.32 Å². The predicted octanol–water partition coefficient (Wildman–Crippen LogP) is 0.751. The summed E-state index contributed by atoms with van der Waals surface area (Å²) < 4.78 is 4.91. The lowest BCUT2D eigenvalue weighted by molar-refractivity contribution is -0.153. The van der Waals surface area contributed by atoms with Gasteiger partial charge >= 0.3 is 5.97 Å². The molecule has 0 aliphatic rings. The summed E-state index contributed by atoms with van der Waals surface area (Å²) in [6.07, 6.45) is -0.185. The highest BCUT2D eigenvalue weighted by Gasteiger charge is 2.10. The number of hydrogen-bond donors (Lipinski definition) is 1. The summed E-state index contributed by atoms with van der Waals surface area (Å²) in [5.74, 6) is -0.211. The fourth-order valence-electron chi connectivity index (χ4n) is 0.369. The molecule has 0 aromatic carbocycles. The third-order valence-corrected chi connectivity index (χ3v) is 1.17. The number of nitrogens with one attached hydrogen (secondary N) is 1. The van der Waals surface area contributed by atoms with E-state index in [0.717, 1.165) is 0 Å². The van der Waals surface area contributed by atoms with Gasteiger partial charge < -0.3 is 4.74 Å². The molecular formula is C7H15NO2. The third kappa shape index (κ3) is 3.45. The van der Waals surface area contributed by atoms with Crippen LogP contribution in [0.3, 0.4) is 0 Å². The zero-order valence-electron chi connectivity index (χ0n) is 6.97. The van der Waals surface area contributed by atoms with Gasteiger partial charge in [-0.3, -0.25) is 10.1 Å². The van der Waals surface area contributed by atoms with Gasteiger partial charge in [-0.25, -0.2) is 0 Å². The Hall–Kier alpha value is -0.570. The van der Waals surface area contributed by atoms with Crippen molar-refractivity contribution >= 4 is 5.97 Å². The van der Waals surface area contributed by atoms with Gasteiger partial charge in [0.2, 0.25) is 0 Å². The van der Waals surface area contributed by atoms with Crippen LogP contribution in [0.1, 0.15) is 20.8 Å². The minimum atomic E-state index is -0.185. The van der Waals surface area contributed by atoms with Crippen molar-refractivity contribution in [1.29, 1.82) is 0 Å². The summed E-state index contributed by atoms with van der Waals surface area (Å²) in [6, 6.07) is 0. The van der Waals surface area contributed by atoms with Crippen LogP contribution in [0.2, 0.25) is 0 Å². The van der Waals surface area contributed by atoms with Crippen LogP contribution >= 0.6 is 0 Å². The molecule has 0 spiro atoms. The van der Waals surface area contributed by atoms with Crippen LogP contribution in [0.5, 0.6) is 0 Å². The van der Waals surface area contributed by atoms with Gasteiger partial charge in [0.15, 0.2) is 0 Å². The number of carbonyl (C=O) groups is 1. The maximum Gasteiger partial charge on any atom is 0.309 e. The predicted molar refractivity (Wildman–Crippen MR) is 39.5 cm³/mol. The Morgan fingerprint density at radius 1 is 1.40 bits per heavy atom. The van der Waals surface area contributed by atoms with Gasteiger partial charge in [0.25, 0.3) is 0 Å². The van der Waals surface area contributed by atoms with E-state index >= 15 is 0 Å². The van der Waals surface area contributed by atoms with Gasteiger partial charge in [0.05, 0.1) is 5.92 Å². The molecule has 0 aromatic rings. The summed E-state index contributed by atoms with van der Waals surface area (Å²) in [7, 11) is 1.75. The Bertz CT molecular complexity index is 112. The lowest BCUT2D eigenvalue weighted by Crippen LogP contribution is -2.29. The molecule has 0 rings (SSSR count). The standard InChI is InChI=1S/C7H15NO2/c1-5(2)7(9)10-6(3)8-4/h5-6,8H,1-4H3. The smallest absolute Gasteiger partial charge is 0.309 e. The van der Waals surface area contributed by atoms with E-state index in [1.807, 2.05) is 13.8 Å². The molecule has 0 fully saturated rings. The van der Waals surface area contributed by atoms with Gasteiger partial charge in [-0.05, 0) is 14.0 Å². The molecule has 1 unspecified atom stereocenters. The number of ether oxygens (including phenoxy) is 1. The zero-order chi connectivity index (χ0) is 8.15. The molecule has 60 valence electrons. The molecule has 0 aliphatic carbocycles. The second-order valence-corrected chi connectivity index (χ2v) is 2.52. The lowest BCUT2D eigenvalue weighted by Gasteiger charge is -2.12. The number of carbonyl (C=O) groups excluding carboxylic acids is 1. The Labute approximate surface area is 61.8 Å². The molecule has 0 saturated heterocycles.